The van der Waals surface area contributed by atoms with E-state index in [1.807, 2.05) is 6.92 Å². The van der Waals surface area contributed by atoms with Gasteiger partial charge in [0.15, 0.2) is 5.01 Å². The van der Waals surface area contributed by atoms with Crippen molar-refractivity contribution in [1.29, 1.82) is 0 Å². The van der Waals surface area contributed by atoms with Crippen molar-refractivity contribution in [3.8, 4) is 9.88 Å². The third-order valence-electron chi connectivity index (χ3n) is 2.58. The van der Waals surface area contributed by atoms with E-state index in [4.69, 9.17) is 0 Å². The highest BCUT2D eigenvalue weighted by Gasteiger charge is 2.17. The molecule has 6 nitrogen and oxygen atoms in total. The molecule has 0 saturated heterocycles. The number of rotatable bonds is 6. The van der Waals surface area contributed by atoms with Crippen molar-refractivity contribution in [3.05, 3.63) is 27.3 Å². The van der Waals surface area contributed by atoms with Gasteiger partial charge in [-0.1, -0.05) is 36.5 Å². The minimum absolute atomic E-state index is 0.130. The summed E-state index contributed by atoms with van der Waals surface area (Å²) in [6.07, 6.45) is 0.938. The summed E-state index contributed by atoms with van der Waals surface area (Å²) in [5.41, 5.74) is 0. The lowest BCUT2D eigenvalue weighted by atomic mass is 10.2. The zero-order valence-corrected chi connectivity index (χ0v) is 12.3. The Hall–Kier alpha value is -1.38. The van der Waals surface area contributed by atoms with Gasteiger partial charge in [0, 0.05) is 6.07 Å². The average Bonchev–Trinajstić information content (AvgIpc) is 3.03. The van der Waals surface area contributed by atoms with E-state index in [0.29, 0.717) is 0 Å². The van der Waals surface area contributed by atoms with Crippen LogP contribution in [0.4, 0.5) is 5.00 Å². The normalized spacial score (nSPS) is 12.5. The van der Waals surface area contributed by atoms with Crippen LogP contribution in [0, 0.1) is 10.1 Å². The summed E-state index contributed by atoms with van der Waals surface area (Å²) in [4.78, 5) is 11.1. The molecule has 0 amide bonds. The van der Waals surface area contributed by atoms with Crippen LogP contribution in [0.2, 0.25) is 0 Å². The Balaban J connectivity index is 2.21. The molecule has 1 unspecified atom stereocenters. The van der Waals surface area contributed by atoms with Crippen LogP contribution < -0.4 is 5.32 Å². The maximum absolute atomic E-state index is 10.7. The van der Waals surface area contributed by atoms with Gasteiger partial charge in [0.1, 0.15) is 5.01 Å². The van der Waals surface area contributed by atoms with Crippen LogP contribution in [0.25, 0.3) is 9.88 Å². The average molecular weight is 298 g/mol. The standard InChI is InChI=1S/C11H14N4O2S2/c1-3-7(12-4-2)10-13-14-11(19-10)8-5-6-9(18-8)15(16)17/h5-7,12H,3-4H2,1-2H3. The van der Waals surface area contributed by atoms with E-state index in [9.17, 15) is 10.1 Å². The van der Waals surface area contributed by atoms with Crippen molar-refractivity contribution >= 4 is 27.7 Å². The van der Waals surface area contributed by atoms with Crippen molar-refractivity contribution in [1.82, 2.24) is 15.5 Å². The quantitative estimate of drug-likeness (QED) is 0.654. The van der Waals surface area contributed by atoms with Crippen LogP contribution in [0.3, 0.4) is 0 Å². The molecule has 0 fully saturated rings. The number of nitro groups is 1. The van der Waals surface area contributed by atoms with Gasteiger partial charge in [0.2, 0.25) is 0 Å². The molecular formula is C11H14N4O2S2. The van der Waals surface area contributed by atoms with E-state index < -0.39 is 0 Å². The van der Waals surface area contributed by atoms with Gasteiger partial charge in [0.25, 0.3) is 0 Å². The molecule has 0 spiro atoms. The second-order valence-electron chi connectivity index (χ2n) is 3.86. The largest absolute Gasteiger partial charge is 0.324 e. The van der Waals surface area contributed by atoms with Gasteiger partial charge in [-0.05, 0) is 19.0 Å². The van der Waals surface area contributed by atoms with Gasteiger partial charge in [-0.25, -0.2) is 0 Å². The number of nitrogens with one attached hydrogen (secondary N) is 1. The first-order valence-electron chi connectivity index (χ1n) is 5.97. The number of hydrogen-bond donors (Lipinski definition) is 1. The number of thiophene rings is 1. The van der Waals surface area contributed by atoms with Crippen molar-refractivity contribution < 1.29 is 4.92 Å². The third kappa shape index (κ3) is 3.14. The molecule has 0 bridgehead atoms. The van der Waals surface area contributed by atoms with Gasteiger partial charge in [-0.3, -0.25) is 10.1 Å². The molecule has 0 saturated carbocycles. The van der Waals surface area contributed by atoms with Crippen LogP contribution in [0.5, 0.6) is 0 Å². The lowest BCUT2D eigenvalue weighted by Gasteiger charge is -2.10. The van der Waals surface area contributed by atoms with Gasteiger partial charge in [0.05, 0.1) is 15.8 Å². The van der Waals surface area contributed by atoms with Crippen LogP contribution >= 0.6 is 22.7 Å². The minimum Gasteiger partial charge on any atom is -0.308 e. The van der Waals surface area contributed by atoms with E-state index in [2.05, 4.69) is 22.4 Å². The van der Waals surface area contributed by atoms with Crippen molar-refractivity contribution in [2.75, 3.05) is 6.54 Å². The Morgan fingerprint density at radius 1 is 1.37 bits per heavy atom. The highest BCUT2D eigenvalue weighted by Crippen LogP contribution is 2.35. The van der Waals surface area contributed by atoms with Gasteiger partial charge in [-0.15, -0.1) is 10.2 Å². The van der Waals surface area contributed by atoms with Crippen molar-refractivity contribution in [2.45, 2.75) is 26.3 Å². The van der Waals surface area contributed by atoms with E-state index in [1.54, 1.807) is 6.07 Å². The second-order valence-corrected chi connectivity index (χ2v) is 5.93. The van der Waals surface area contributed by atoms with Crippen molar-refractivity contribution in [3.63, 3.8) is 0 Å². The molecular weight excluding hydrogens is 284 g/mol. The number of aromatic nitrogens is 2. The van der Waals surface area contributed by atoms with Crippen molar-refractivity contribution in [2.24, 2.45) is 0 Å². The molecule has 2 rings (SSSR count). The molecule has 1 atom stereocenters. The smallest absolute Gasteiger partial charge is 0.308 e. The molecule has 0 aromatic carbocycles. The van der Waals surface area contributed by atoms with Crippen LogP contribution in [0.15, 0.2) is 12.1 Å². The summed E-state index contributed by atoms with van der Waals surface area (Å²) in [7, 11) is 0. The Bertz CT molecular complexity index is 567. The fraction of sp³-hybridized carbons (Fsp3) is 0.455. The van der Waals surface area contributed by atoms with Gasteiger partial charge < -0.3 is 5.32 Å². The zero-order valence-electron chi connectivity index (χ0n) is 10.6. The highest BCUT2D eigenvalue weighted by molar-refractivity contribution is 7.23. The molecule has 102 valence electrons. The molecule has 0 aliphatic rings. The molecule has 0 radical (unpaired) electrons. The van der Waals surface area contributed by atoms with E-state index in [-0.39, 0.29) is 16.0 Å². The molecule has 2 heterocycles. The Morgan fingerprint density at radius 3 is 2.74 bits per heavy atom. The first-order chi connectivity index (χ1) is 9.15. The number of hydrogen-bond acceptors (Lipinski definition) is 7. The molecule has 0 aliphatic heterocycles. The molecule has 19 heavy (non-hydrogen) atoms. The molecule has 0 aliphatic carbocycles. The maximum Gasteiger partial charge on any atom is 0.324 e. The maximum atomic E-state index is 10.7. The van der Waals surface area contributed by atoms with Gasteiger partial charge >= 0.3 is 5.00 Å². The van der Waals surface area contributed by atoms with Crippen LogP contribution in [-0.2, 0) is 0 Å². The molecule has 2 aromatic rings. The first-order valence-corrected chi connectivity index (χ1v) is 7.60. The summed E-state index contributed by atoms with van der Waals surface area (Å²) < 4.78 is 0. The topological polar surface area (TPSA) is 81.0 Å². The van der Waals surface area contributed by atoms with Crippen LogP contribution in [0.1, 0.15) is 31.3 Å². The molecule has 8 heteroatoms. The Kier molecular flexibility index (Phi) is 4.56. The summed E-state index contributed by atoms with van der Waals surface area (Å²) >= 11 is 2.62. The Morgan fingerprint density at radius 2 is 2.16 bits per heavy atom. The number of nitrogens with zero attached hydrogens (tertiary/aromatic N) is 3. The van der Waals surface area contributed by atoms with E-state index >= 15 is 0 Å². The summed E-state index contributed by atoms with van der Waals surface area (Å²) in [5, 5.41) is 24.1. The summed E-state index contributed by atoms with van der Waals surface area (Å²) in [5.74, 6) is 0. The second kappa shape index (κ2) is 6.18. The summed E-state index contributed by atoms with van der Waals surface area (Å²) in [6.45, 7) is 5.01. The zero-order chi connectivity index (χ0) is 13.8. The lowest BCUT2D eigenvalue weighted by molar-refractivity contribution is -0.380. The highest BCUT2D eigenvalue weighted by atomic mass is 32.1. The molecule has 1 N–H and O–H groups in total. The van der Waals surface area contributed by atoms with E-state index in [0.717, 1.165) is 39.2 Å². The first kappa shape index (κ1) is 14.0. The van der Waals surface area contributed by atoms with E-state index in [1.165, 1.54) is 17.4 Å². The monoisotopic (exact) mass is 298 g/mol. The predicted octanol–water partition coefficient (Wildman–Crippen LogP) is 3.24. The predicted molar refractivity (Wildman–Crippen MR) is 76.6 cm³/mol. The van der Waals surface area contributed by atoms with Gasteiger partial charge in [-0.2, -0.15) is 0 Å². The minimum atomic E-state index is -0.385. The third-order valence-corrected chi connectivity index (χ3v) is 4.82. The fourth-order valence-corrected chi connectivity index (χ4v) is 3.54. The van der Waals surface area contributed by atoms with Crippen LogP contribution in [-0.4, -0.2) is 21.7 Å². The Labute approximate surface area is 118 Å². The SMILES string of the molecule is CCNC(CC)c1nnc(-c2ccc([N+](=O)[O-])s2)s1. The fourth-order valence-electron chi connectivity index (χ4n) is 1.67. The lowest BCUT2D eigenvalue weighted by Crippen LogP contribution is -2.19. The molecule has 2 aromatic heterocycles. The summed E-state index contributed by atoms with van der Waals surface area (Å²) in [6, 6.07) is 3.43.